The van der Waals surface area contributed by atoms with Crippen molar-refractivity contribution in [1.82, 2.24) is 5.32 Å². The number of nitrogens with zero attached hydrogens (tertiary/aromatic N) is 1. The molecule has 0 unspecified atom stereocenters. The average Bonchev–Trinajstić information content (AvgIpc) is 3.13. The first-order chi connectivity index (χ1) is 12.1. The first-order valence-electron chi connectivity index (χ1n) is 7.73. The lowest BCUT2D eigenvalue weighted by atomic mass is 10.1. The maximum atomic E-state index is 13.3. The van der Waals surface area contributed by atoms with Gasteiger partial charge < -0.3 is 19.7 Å². The smallest absolute Gasteiger partial charge is 0.174 e. The number of thiocarbonyl (C=S) groups is 1. The van der Waals surface area contributed by atoms with Crippen molar-refractivity contribution in [2.45, 2.75) is 13.1 Å². The average molecular weight is 356 g/mol. The Morgan fingerprint density at radius 1 is 1.08 bits per heavy atom. The lowest BCUT2D eigenvalue weighted by Crippen LogP contribution is -2.39. The van der Waals surface area contributed by atoms with Crippen LogP contribution in [-0.4, -0.2) is 10.2 Å². The van der Waals surface area contributed by atoms with Gasteiger partial charge in [0, 0.05) is 11.3 Å². The Hall–Kier alpha value is -2.86. The van der Waals surface area contributed by atoms with Gasteiger partial charge >= 0.3 is 0 Å². The van der Waals surface area contributed by atoms with Crippen molar-refractivity contribution in [3.8, 4) is 5.75 Å². The van der Waals surface area contributed by atoms with Crippen molar-refractivity contribution in [3.05, 3.63) is 84.1 Å². The molecule has 3 aromatic rings. The molecule has 0 spiro atoms. The van der Waals surface area contributed by atoms with E-state index in [-0.39, 0.29) is 11.6 Å². The molecule has 2 N–H and O–H groups in total. The molecule has 1 heterocycles. The van der Waals surface area contributed by atoms with Crippen LogP contribution in [0.15, 0.2) is 71.3 Å². The van der Waals surface area contributed by atoms with Crippen LogP contribution in [0.25, 0.3) is 0 Å². The number of phenols is 1. The highest BCUT2D eigenvalue weighted by Crippen LogP contribution is 2.23. The van der Waals surface area contributed by atoms with E-state index in [1.807, 2.05) is 18.2 Å². The van der Waals surface area contributed by atoms with Crippen molar-refractivity contribution in [3.63, 3.8) is 0 Å². The number of aromatic hydroxyl groups is 1. The van der Waals surface area contributed by atoms with Gasteiger partial charge in [-0.1, -0.05) is 18.2 Å². The van der Waals surface area contributed by atoms with Gasteiger partial charge in [0.25, 0.3) is 0 Å². The van der Waals surface area contributed by atoms with E-state index in [0.717, 1.165) is 11.4 Å². The number of anilines is 1. The standard InChI is InChI=1S/C19H17FN2O2S/c20-15-7-9-16(10-8-15)22(13-14-4-1-2-6-18(14)23)19(25)21-12-17-5-3-11-24-17/h1-11,23H,12-13H2,(H,21,25). The summed E-state index contributed by atoms with van der Waals surface area (Å²) in [6.07, 6.45) is 1.60. The van der Waals surface area contributed by atoms with Crippen LogP contribution in [0.1, 0.15) is 11.3 Å². The van der Waals surface area contributed by atoms with E-state index in [4.69, 9.17) is 16.6 Å². The summed E-state index contributed by atoms with van der Waals surface area (Å²) in [5, 5.41) is 13.6. The molecule has 0 fully saturated rings. The third kappa shape index (κ3) is 4.36. The topological polar surface area (TPSA) is 48.6 Å². The minimum atomic E-state index is -0.319. The molecule has 128 valence electrons. The van der Waals surface area contributed by atoms with Crippen LogP contribution in [0.5, 0.6) is 5.75 Å². The van der Waals surface area contributed by atoms with Crippen molar-refractivity contribution < 1.29 is 13.9 Å². The Labute approximate surface area is 150 Å². The van der Waals surface area contributed by atoms with E-state index >= 15 is 0 Å². The molecule has 6 heteroatoms. The summed E-state index contributed by atoms with van der Waals surface area (Å²) >= 11 is 5.50. The van der Waals surface area contributed by atoms with Crippen LogP contribution in [0.2, 0.25) is 0 Å². The Balaban J connectivity index is 1.81. The summed E-state index contributed by atoms with van der Waals surface area (Å²) in [6, 6.07) is 16.8. The molecule has 3 rings (SSSR count). The summed E-state index contributed by atoms with van der Waals surface area (Å²) in [7, 11) is 0. The molecular formula is C19H17FN2O2S. The normalized spacial score (nSPS) is 10.4. The number of phenolic OH excluding ortho intramolecular Hbond substituents is 1. The zero-order chi connectivity index (χ0) is 17.6. The van der Waals surface area contributed by atoms with Crippen LogP contribution in [0, 0.1) is 5.82 Å². The first kappa shape index (κ1) is 17.0. The van der Waals surface area contributed by atoms with E-state index in [9.17, 15) is 9.50 Å². The number of nitrogens with one attached hydrogen (secondary N) is 1. The Kier molecular flexibility index (Phi) is 5.30. The molecule has 0 saturated carbocycles. The molecule has 0 saturated heterocycles. The third-order valence-corrected chi connectivity index (χ3v) is 4.06. The third-order valence-electron chi connectivity index (χ3n) is 3.70. The van der Waals surface area contributed by atoms with Gasteiger partial charge in [-0.2, -0.15) is 0 Å². The first-order valence-corrected chi connectivity index (χ1v) is 8.14. The minimum Gasteiger partial charge on any atom is -0.508 e. The van der Waals surface area contributed by atoms with Crippen LogP contribution in [0.3, 0.4) is 0 Å². The number of rotatable bonds is 5. The van der Waals surface area contributed by atoms with Crippen molar-refractivity contribution >= 4 is 23.0 Å². The highest BCUT2D eigenvalue weighted by atomic mass is 32.1. The number of hydrogen-bond acceptors (Lipinski definition) is 3. The second-order valence-electron chi connectivity index (χ2n) is 5.43. The largest absolute Gasteiger partial charge is 0.508 e. The quantitative estimate of drug-likeness (QED) is 0.671. The maximum absolute atomic E-state index is 13.3. The molecule has 0 radical (unpaired) electrons. The van der Waals surface area contributed by atoms with Crippen molar-refractivity contribution in [2.75, 3.05) is 4.90 Å². The lowest BCUT2D eigenvalue weighted by molar-refractivity contribution is 0.468. The molecule has 25 heavy (non-hydrogen) atoms. The van der Waals surface area contributed by atoms with E-state index < -0.39 is 0 Å². The fraction of sp³-hybridized carbons (Fsp3) is 0.105. The van der Waals surface area contributed by atoms with Crippen LogP contribution >= 0.6 is 12.2 Å². The molecule has 0 aliphatic heterocycles. The van der Waals surface area contributed by atoms with E-state index in [2.05, 4.69) is 5.32 Å². The van der Waals surface area contributed by atoms with Crippen molar-refractivity contribution in [1.29, 1.82) is 0 Å². The molecule has 4 nitrogen and oxygen atoms in total. The predicted octanol–water partition coefficient (Wildman–Crippen LogP) is 4.21. The number of benzene rings is 2. The highest BCUT2D eigenvalue weighted by Gasteiger charge is 2.15. The van der Waals surface area contributed by atoms with Gasteiger partial charge in [0.15, 0.2) is 5.11 Å². The van der Waals surface area contributed by atoms with E-state index in [1.165, 1.54) is 12.1 Å². The fourth-order valence-electron chi connectivity index (χ4n) is 2.39. The van der Waals surface area contributed by atoms with Gasteiger partial charge in [0.05, 0.1) is 19.4 Å². The Morgan fingerprint density at radius 3 is 2.52 bits per heavy atom. The second kappa shape index (κ2) is 7.81. The van der Waals surface area contributed by atoms with Crippen LogP contribution in [0.4, 0.5) is 10.1 Å². The SMILES string of the molecule is Oc1ccccc1CN(C(=S)NCc1ccco1)c1ccc(F)cc1. The molecular weight excluding hydrogens is 339 g/mol. The lowest BCUT2D eigenvalue weighted by Gasteiger charge is -2.26. The van der Waals surface area contributed by atoms with Gasteiger partial charge in [-0.3, -0.25) is 0 Å². The zero-order valence-corrected chi connectivity index (χ0v) is 14.2. The van der Waals surface area contributed by atoms with Crippen LogP contribution in [-0.2, 0) is 13.1 Å². The van der Waals surface area contributed by atoms with Gasteiger partial charge in [-0.05, 0) is 54.7 Å². The summed E-state index contributed by atoms with van der Waals surface area (Å²) < 4.78 is 18.5. The Morgan fingerprint density at radius 2 is 1.84 bits per heavy atom. The Bertz CT molecular complexity index is 835. The van der Waals surface area contributed by atoms with Crippen LogP contribution < -0.4 is 10.2 Å². The minimum absolute atomic E-state index is 0.184. The summed E-state index contributed by atoms with van der Waals surface area (Å²) in [6.45, 7) is 0.784. The highest BCUT2D eigenvalue weighted by molar-refractivity contribution is 7.80. The maximum Gasteiger partial charge on any atom is 0.174 e. The van der Waals surface area contributed by atoms with Crippen molar-refractivity contribution in [2.24, 2.45) is 0 Å². The molecule has 0 bridgehead atoms. The molecule has 2 aromatic carbocycles. The molecule has 0 aliphatic carbocycles. The summed E-state index contributed by atoms with van der Waals surface area (Å²) in [4.78, 5) is 1.80. The number of hydrogen-bond donors (Lipinski definition) is 2. The van der Waals surface area contributed by atoms with Gasteiger partial charge in [0.1, 0.15) is 17.3 Å². The van der Waals surface area contributed by atoms with Gasteiger partial charge in [-0.25, -0.2) is 4.39 Å². The molecule has 0 atom stereocenters. The predicted molar refractivity (Wildman–Crippen MR) is 98.8 cm³/mol. The number of para-hydroxylation sites is 1. The second-order valence-corrected chi connectivity index (χ2v) is 5.82. The fourth-order valence-corrected chi connectivity index (χ4v) is 2.63. The van der Waals surface area contributed by atoms with Gasteiger partial charge in [0.2, 0.25) is 0 Å². The van der Waals surface area contributed by atoms with E-state index in [1.54, 1.807) is 41.5 Å². The van der Waals surface area contributed by atoms with E-state index in [0.29, 0.717) is 23.8 Å². The van der Waals surface area contributed by atoms with Gasteiger partial charge in [-0.15, -0.1) is 0 Å². The molecule has 0 aliphatic rings. The number of halogens is 1. The zero-order valence-electron chi connectivity index (χ0n) is 13.4. The summed E-state index contributed by atoms with van der Waals surface area (Å²) in [5.74, 6) is 0.619. The number of furan rings is 1. The monoisotopic (exact) mass is 356 g/mol. The summed E-state index contributed by atoms with van der Waals surface area (Å²) in [5.41, 5.74) is 1.44. The molecule has 1 aromatic heterocycles. The molecule has 0 amide bonds.